The van der Waals surface area contributed by atoms with Crippen LogP contribution < -0.4 is 5.32 Å². The minimum atomic E-state index is 0.504. The number of rotatable bonds is 4. The zero-order valence-electron chi connectivity index (χ0n) is 9.54. The Hall–Kier alpha value is -1.05. The molecule has 2 heteroatoms. The van der Waals surface area contributed by atoms with E-state index < -0.39 is 0 Å². The van der Waals surface area contributed by atoms with Gasteiger partial charge in [0.15, 0.2) is 0 Å². The third kappa shape index (κ3) is 3.02. The molecule has 0 radical (unpaired) electrons. The minimum Gasteiger partial charge on any atom is -0.381 e. The van der Waals surface area contributed by atoms with Crippen LogP contribution in [0.15, 0.2) is 18.3 Å². The fraction of sp³-hybridized carbons (Fsp3) is 0.583. The van der Waals surface area contributed by atoms with Gasteiger partial charge >= 0.3 is 0 Å². The standard InChI is InChI=1S/C12H20N2/c1-5-9(2)11(4)14-12-7-6-10(3)13-8-12/h6-9,11,14H,5H2,1-4H3/t9-,11-/m0/s1. The normalized spacial score (nSPS) is 14.9. The molecule has 0 saturated carbocycles. The molecule has 0 aromatic carbocycles. The summed E-state index contributed by atoms with van der Waals surface area (Å²) in [6.45, 7) is 8.70. The van der Waals surface area contributed by atoms with E-state index in [1.54, 1.807) is 0 Å². The number of pyridine rings is 1. The molecule has 78 valence electrons. The highest BCUT2D eigenvalue weighted by atomic mass is 14.9. The Bertz CT molecular complexity index is 266. The third-order valence-corrected chi connectivity index (χ3v) is 2.80. The van der Waals surface area contributed by atoms with Crippen molar-refractivity contribution >= 4 is 5.69 Å². The van der Waals surface area contributed by atoms with Crippen molar-refractivity contribution in [3.8, 4) is 0 Å². The Kier molecular flexibility index (Phi) is 3.93. The lowest BCUT2D eigenvalue weighted by molar-refractivity contribution is 0.494. The van der Waals surface area contributed by atoms with Crippen molar-refractivity contribution in [1.82, 2.24) is 4.98 Å². The van der Waals surface area contributed by atoms with E-state index >= 15 is 0 Å². The van der Waals surface area contributed by atoms with Crippen LogP contribution in [0.3, 0.4) is 0 Å². The van der Waals surface area contributed by atoms with Gasteiger partial charge in [-0.15, -0.1) is 0 Å². The molecule has 0 aliphatic rings. The van der Waals surface area contributed by atoms with Crippen LogP contribution in [0.2, 0.25) is 0 Å². The molecular weight excluding hydrogens is 172 g/mol. The van der Waals surface area contributed by atoms with Crippen LogP contribution in [-0.2, 0) is 0 Å². The van der Waals surface area contributed by atoms with Crippen LogP contribution in [0.25, 0.3) is 0 Å². The lowest BCUT2D eigenvalue weighted by Gasteiger charge is -2.20. The second kappa shape index (κ2) is 4.99. The monoisotopic (exact) mass is 192 g/mol. The fourth-order valence-corrected chi connectivity index (χ4v) is 1.31. The molecule has 1 aromatic heterocycles. The highest BCUT2D eigenvalue weighted by Gasteiger charge is 2.09. The number of aromatic nitrogens is 1. The maximum Gasteiger partial charge on any atom is 0.0529 e. The summed E-state index contributed by atoms with van der Waals surface area (Å²) in [6, 6.07) is 4.62. The van der Waals surface area contributed by atoms with Crippen molar-refractivity contribution < 1.29 is 0 Å². The zero-order chi connectivity index (χ0) is 10.6. The topological polar surface area (TPSA) is 24.9 Å². The van der Waals surface area contributed by atoms with Gasteiger partial charge in [0.05, 0.1) is 11.9 Å². The van der Waals surface area contributed by atoms with Crippen LogP contribution in [0.4, 0.5) is 5.69 Å². The second-order valence-corrected chi connectivity index (χ2v) is 4.01. The Balaban J connectivity index is 2.56. The number of aryl methyl sites for hydroxylation is 1. The maximum absolute atomic E-state index is 4.25. The van der Waals surface area contributed by atoms with Crippen molar-refractivity contribution in [3.63, 3.8) is 0 Å². The Labute approximate surface area is 86.8 Å². The third-order valence-electron chi connectivity index (χ3n) is 2.80. The Morgan fingerprint density at radius 3 is 2.57 bits per heavy atom. The molecular formula is C12H20N2. The van der Waals surface area contributed by atoms with Gasteiger partial charge in [-0.3, -0.25) is 4.98 Å². The Morgan fingerprint density at radius 1 is 1.36 bits per heavy atom. The molecule has 1 N–H and O–H groups in total. The van der Waals surface area contributed by atoms with Crippen molar-refractivity contribution in [1.29, 1.82) is 0 Å². The molecule has 2 atom stereocenters. The number of nitrogens with zero attached hydrogens (tertiary/aromatic N) is 1. The molecule has 0 spiro atoms. The molecule has 14 heavy (non-hydrogen) atoms. The molecule has 0 fully saturated rings. The van der Waals surface area contributed by atoms with Gasteiger partial charge in [0.1, 0.15) is 0 Å². The van der Waals surface area contributed by atoms with Gasteiger partial charge < -0.3 is 5.32 Å². The number of nitrogens with one attached hydrogen (secondary N) is 1. The summed E-state index contributed by atoms with van der Waals surface area (Å²) in [5, 5.41) is 3.46. The van der Waals surface area contributed by atoms with E-state index in [0.29, 0.717) is 12.0 Å². The summed E-state index contributed by atoms with van der Waals surface area (Å²) in [7, 11) is 0. The van der Waals surface area contributed by atoms with Crippen molar-refractivity contribution in [2.24, 2.45) is 5.92 Å². The molecule has 1 aromatic rings. The van der Waals surface area contributed by atoms with E-state index in [2.05, 4.69) is 37.1 Å². The first kappa shape index (κ1) is 11.0. The van der Waals surface area contributed by atoms with Crippen LogP contribution in [0, 0.1) is 12.8 Å². The molecule has 1 rings (SSSR count). The summed E-state index contributed by atoms with van der Waals surface area (Å²) in [5.41, 5.74) is 2.18. The molecule has 0 unspecified atom stereocenters. The largest absolute Gasteiger partial charge is 0.381 e. The lowest BCUT2D eigenvalue weighted by atomic mass is 10.0. The van der Waals surface area contributed by atoms with E-state index in [1.807, 2.05) is 19.2 Å². The second-order valence-electron chi connectivity index (χ2n) is 4.01. The number of hydrogen-bond donors (Lipinski definition) is 1. The van der Waals surface area contributed by atoms with Gasteiger partial charge in [0.2, 0.25) is 0 Å². The van der Waals surface area contributed by atoms with Gasteiger partial charge in [-0.25, -0.2) is 0 Å². The van der Waals surface area contributed by atoms with Crippen LogP contribution in [-0.4, -0.2) is 11.0 Å². The average Bonchev–Trinajstić information content (AvgIpc) is 2.20. The summed E-state index contributed by atoms with van der Waals surface area (Å²) in [4.78, 5) is 4.25. The van der Waals surface area contributed by atoms with Gasteiger partial charge in [-0.2, -0.15) is 0 Å². The lowest BCUT2D eigenvalue weighted by Crippen LogP contribution is -2.23. The summed E-state index contributed by atoms with van der Waals surface area (Å²) in [6.07, 6.45) is 3.10. The molecule has 0 aliphatic carbocycles. The number of hydrogen-bond acceptors (Lipinski definition) is 2. The molecule has 0 aliphatic heterocycles. The first-order valence-corrected chi connectivity index (χ1v) is 5.32. The predicted molar refractivity (Wildman–Crippen MR) is 61.5 cm³/mol. The zero-order valence-corrected chi connectivity index (χ0v) is 9.54. The van der Waals surface area contributed by atoms with Gasteiger partial charge in [0, 0.05) is 11.7 Å². The fourth-order valence-electron chi connectivity index (χ4n) is 1.31. The smallest absolute Gasteiger partial charge is 0.0529 e. The molecule has 0 amide bonds. The Morgan fingerprint density at radius 2 is 2.07 bits per heavy atom. The van der Waals surface area contributed by atoms with Crippen molar-refractivity contribution in [2.75, 3.05) is 5.32 Å². The SMILES string of the molecule is CC[C@H](C)[C@H](C)Nc1ccc(C)nc1. The molecule has 0 saturated heterocycles. The quantitative estimate of drug-likeness (QED) is 0.792. The van der Waals surface area contributed by atoms with E-state index in [-0.39, 0.29) is 0 Å². The summed E-state index contributed by atoms with van der Waals surface area (Å²) in [5.74, 6) is 0.691. The molecule has 1 heterocycles. The average molecular weight is 192 g/mol. The van der Waals surface area contributed by atoms with E-state index in [4.69, 9.17) is 0 Å². The number of anilines is 1. The summed E-state index contributed by atoms with van der Waals surface area (Å²) < 4.78 is 0. The van der Waals surface area contributed by atoms with E-state index in [0.717, 1.165) is 11.4 Å². The van der Waals surface area contributed by atoms with Crippen LogP contribution in [0.5, 0.6) is 0 Å². The van der Waals surface area contributed by atoms with Gasteiger partial charge in [0.25, 0.3) is 0 Å². The molecule has 2 nitrogen and oxygen atoms in total. The predicted octanol–water partition coefficient (Wildman–Crippen LogP) is 3.24. The van der Waals surface area contributed by atoms with Crippen LogP contribution in [0.1, 0.15) is 32.9 Å². The first-order chi connectivity index (χ1) is 6.63. The highest BCUT2D eigenvalue weighted by molar-refractivity contribution is 5.41. The van der Waals surface area contributed by atoms with Gasteiger partial charge in [-0.1, -0.05) is 20.3 Å². The highest BCUT2D eigenvalue weighted by Crippen LogP contribution is 2.13. The summed E-state index contributed by atoms with van der Waals surface area (Å²) >= 11 is 0. The maximum atomic E-state index is 4.25. The van der Waals surface area contributed by atoms with Crippen molar-refractivity contribution in [2.45, 2.75) is 40.2 Å². The van der Waals surface area contributed by atoms with E-state index in [9.17, 15) is 0 Å². The minimum absolute atomic E-state index is 0.504. The van der Waals surface area contributed by atoms with Crippen LogP contribution >= 0.6 is 0 Å². The van der Waals surface area contributed by atoms with Gasteiger partial charge in [-0.05, 0) is 31.9 Å². The first-order valence-electron chi connectivity index (χ1n) is 5.32. The molecule has 0 bridgehead atoms. The van der Waals surface area contributed by atoms with Crippen molar-refractivity contribution in [3.05, 3.63) is 24.0 Å². The van der Waals surface area contributed by atoms with E-state index in [1.165, 1.54) is 6.42 Å².